The second-order valence-electron chi connectivity index (χ2n) is 4.06. The van der Waals surface area contributed by atoms with Crippen LogP contribution in [0.4, 0.5) is 5.95 Å². The second-order valence-corrected chi connectivity index (χ2v) is 4.06. The van der Waals surface area contributed by atoms with Gasteiger partial charge in [0.1, 0.15) is 0 Å². The van der Waals surface area contributed by atoms with Crippen LogP contribution >= 0.6 is 0 Å². The number of nitriles is 1. The van der Waals surface area contributed by atoms with Crippen molar-refractivity contribution in [2.75, 3.05) is 5.32 Å². The molecule has 0 atom stereocenters. The molecule has 19 heavy (non-hydrogen) atoms. The molecule has 0 radical (unpaired) electrons. The van der Waals surface area contributed by atoms with E-state index < -0.39 is 0 Å². The molecule has 4 heteroatoms. The SMILES string of the molecule is N#CNc1ncc(-c2cccc3ccccc23)cn1. The number of hydrogen-bond acceptors (Lipinski definition) is 4. The van der Waals surface area contributed by atoms with Gasteiger partial charge in [-0.3, -0.25) is 5.32 Å². The number of anilines is 1. The number of aromatic nitrogens is 2. The summed E-state index contributed by atoms with van der Waals surface area (Å²) in [5, 5.41) is 13.3. The summed E-state index contributed by atoms with van der Waals surface area (Å²) < 4.78 is 0. The third-order valence-corrected chi connectivity index (χ3v) is 2.92. The molecule has 0 fully saturated rings. The molecule has 0 bridgehead atoms. The van der Waals surface area contributed by atoms with Gasteiger partial charge in [0.05, 0.1) is 0 Å². The maximum Gasteiger partial charge on any atom is 0.236 e. The molecule has 0 aliphatic rings. The average Bonchev–Trinajstić information content (AvgIpc) is 2.48. The molecule has 4 nitrogen and oxygen atoms in total. The topological polar surface area (TPSA) is 61.6 Å². The Morgan fingerprint density at radius 3 is 2.47 bits per heavy atom. The van der Waals surface area contributed by atoms with Crippen LogP contribution in [0.25, 0.3) is 21.9 Å². The lowest BCUT2D eigenvalue weighted by Gasteiger charge is -2.06. The van der Waals surface area contributed by atoms with Gasteiger partial charge in [-0.1, -0.05) is 42.5 Å². The van der Waals surface area contributed by atoms with Gasteiger partial charge in [0, 0.05) is 18.0 Å². The Morgan fingerprint density at radius 2 is 1.68 bits per heavy atom. The quantitative estimate of drug-likeness (QED) is 0.557. The second kappa shape index (κ2) is 4.75. The van der Waals surface area contributed by atoms with E-state index in [1.807, 2.05) is 24.3 Å². The van der Waals surface area contributed by atoms with Crippen LogP contribution in [0.15, 0.2) is 54.9 Å². The number of nitrogens with zero attached hydrogens (tertiary/aromatic N) is 3. The summed E-state index contributed by atoms with van der Waals surface area (Å²) in [6, 6.07) is 14.3. The van der Waals surface area contributed by atoms with Crippen molar-refractivity contribution in [2.45, 2.75) is 0 Å². The lowest BCUT2D eigenvalue weighted by atomic mass is 10.0. The van der Waals surface area contributed by atoms with Crippen molar-refractivity contribution in [2.24, 2.45) is 0 Å². The molecule has 3 aromatic rings. The van der Waals surface area contributed by atoms with E-state index in [9.17, 15) is 0 Å². The molecule has 0 aliphatic heterocycles. The van der Waals surface area contributed by atoms with E-state index in [1.54, 1.807) is 18.6 Å². The van der Waals surface area contributed by atoms with Crippen molar-refractivity contribution in [3.05, 3.63) is 54.9 Å². The van der Waals surface area contributed by atoms with E-state index in [2.05, 4.69) is 33.5 Å². The smallest absolute Gasteiger partial charge is 0.236 e. The minimum absolute atomic E-state index is 0.312. The molecule has 0 saturated heterocycles. The van der Waals surface area contributed by atoms with E-state index in [0.29, 0.717) is 5.95 Å². The van der Waals surface area contributed by atoms with Crippen LogP contribution in [0.2, 0.25) is 0 Å². The normalized spacial score (nSPS) is 10.1. The molecular weight excluding hydrogens is 236 g/mol. The van der Waals surface area contributed by atoms with Crippen molar-refractivity contribution in [1.29, 1.82) is 5.26 Å². The Balaban J connectivity index is 2.11. The zero-order valence-corrected chi connectivity index (χ0v) is 10.0. The summed E-state index contributed by atoms with van der Waals surface area (Å²) in [5.41, 5.74) is 2.02. The molecule has 0 aliphatic carbocycles. The van der Waals surface area contributed by atoms with Gasteiger partial charge in [-0.2, -0.15) is 5.26 Å². The summed E-state index contributed by atoms with van der Waals surface area (Å²) in [4.78, 5) is 8.21. The lowest BCUT2D eigenvalue weighted by molar-refractivity contribution is 1.17. The van der Waals surface area contributed by atoms with Crippen molar-refractivity contribution in [3.8, 4) is 17.3 Å². The molecule has 90 valence electrons. The van der Waals surface area contributed by atoms with Crippen LogP contribution in [0.1, 0.15) is 0 Å². The van der Waals surface area contributed by atoms with E-state index in [4.69, 9.17) is 5.26 Å². The molecule has 0 saturated carbocycles. The molecule has 2 aromatic carbocycles. The van der Waals surface area contributed by atoms with Gasteiger partial charge >= 0.3 is 0 Å². The third kappa shape index (κ3) is 2.09. The molecule has 0 unspecified atom stereocenters. The van der Waals surface area contributed by atoms with Gasteiger partial charge in [0.2, 0.25) is 5.95 Å². The van der Waals surface area contributed by atoms with Gasteiger partial charge in [0.15, 0.2) is 6.19 Å². The highest BCUT2D eigenvalue weighted by Gasteiger charge is 2.04. The molecule has 3 rings (SSSR count). The summed E-state index contributed by atoms with van der Waals surface area (Å²) in [6.45, 7) is 0. The fourth-order valence-corrected chi connectivity index (χ4v) is 2.06. The first-order valence-electron chi connectivity index (χ1n) is 5.84. The number of hydrogen-bond donors (Lipinski definition) is 1. The Labute approximate surface area is 110 Å². The maximum absolute atomic E-state index is 8.51. The van der Waals surface area contributed by atoms with Gasteiger partial charge in [-0.15, -0.1) is 0 Å². The number of rotatable bonds is 2. The van der Waals surface area contributed by atoms with Gasteiger partial charge in [-0.05, 0) is 16.3 Å². The van der Waals surface area contributed by atoms with E-state index in [0.717, 1.165) is 16.5 Å². The van der Waals surface area contributed by atoms with Gasteiger partial charge in [0.25, 0.3) is 0 Å². The fraction of sp³-hybridized carbons (Fsp3) is 0. The zero-order chi connectivity index (χ0) is 13.1. The predicted octanol–water partition coefficient (Wildman–Crippen LogP) is 3.19. The summed E-state index contributed by atoms with van der Waals surface area (Å²) in [5.74, 6) is 0.312. The highest BCUT2D eigenvalue weighted by atomic mass is 15.1. The first kappa shape index (κ1) is 11.2. The summed E-state index contributed by atoms with van der Waals surface area (Å²) >= 11 is 0. The lowest BCUT2D eigenvalue weighted by Crippen LogP contribution is -1.95. The van der Waals surface area contributed by atoms with E-state index in [1.165, 1.54) is 5.39 Å². The van der Waals surface area contributed by atoms with Crippen LogP contribution in [-0.2, 0) is 0 Å². The number of fused-ring (bicyclic) bond motifs is 1. The monoisotopic (exact) mass is 246 g/mol. The predicted molar refractivity (Wildman–Crippen MR) is 74.2 cm³/mol. The largest absolute Gasteiger partial charge is 0.261 e. The highest BCUT2D eigenvalue weighted by molar-refractivity contribution is 5.96. The molecule has 1 aromatic heterocycles. The van der Waals surface area contributed by atoms with Crippen LogP contribution in [0, 0.1) is 11.5 Å². The first-order chi connectivity index (χ1) is 9.38. The minimum Gasteiger partial charge on any atom is -0.261 e. The Hall–Kier alpha value is -2.93. The first-order valence-corrected chi connectivity index (χ1v) is 5.84. The summed E-state index contributed by atoms with van der Waals surface area (Å²) in [7, 11) is 0. The van der Waals surface area contributed by atoms with Crippen molar-refractivity contribution < 1.29 is 0 Å². The van der Waals surface area contributed by atoms with Crippen LogP contribution in [0.3, 0.4) is 0 Å². The number of nitrogens with one attached hydrogen (secondary N) is 1. The van der Waals surface area contributed by atoms with E-state index >= 15 is 0 Å². The number of benzene rings is 2. The van der Waals surface area contributed by atoms with Crippen molar-refractivity contribution in [1.82, 2.24) is 9.97 Å². The minimum atomic E-state index is 0.312. The summed E-state index contributed by atoms with van der Waals surface area (Å²) in [6.07, 6.45) is 5.23. The third-order valence-electron chi connectivity index (χ3n) is 2.92. The van der Waals surface area contributed by atoms with Crippen LogP contribution in [0.5, 0.6) is 0 Å². The highest BCUT2D eigenvalue weighted by Crippen LogP contribution is 2.27. The van der Waals surface area contributed by atoms with Crippen molar-refractivity contribution in [3.63, 3.8) is 0 Å². The Kier molecular flexibility index (Phi) is 2.79. The Morgan fingerprint density at radius 1 is 0.947 bits per heavy atom. The van der Waals surface area contributed by atoms with Crippen molar-refractivity contribution >= 4 is 16.7 Å². The van der Waals surface area contributed by atoms with Gasteiger partial charge < -0.3 is 0 Å². The molecular formula is C15H10N4. The zero-order valence-electron chi connectivity index (χ0n) is 10.0. The average molecular weight is 246 g/mol. The van der Waals surface area contributed by atoms with Gasteiger partial charge in [-0.25, -0.2) is 9.97 Å². The van der Waals surface area contributed by atoms with Crippen LogP contribution < -0.4 is 5.32 Å². The Bertz CT molecular complexity index is 752. The molecule has 0 spiro atoms. The fourth-order valence-electron chi connectivity index (χ4n) is 2.06. The van der Waals surface area contributed by atoms with Crippen LogP contribution in [-0.4, -0.2) is 9.97 Å². The molecule has 1 N–H and O–H groups in total. The standard InChI is InChI=1S/C15H10N4/c16-10-19-15-17-8-12(9-18-15)14-7-3-5-11-4-1-2-6-13(11)14/h1-9H,(H,17,18,19). The molecule has 1 heterocycles. The van der Waals surface area contributed by atoms with E-state index in [-0.39, 0.29) is 0 Å². The molecule has 0 amide bonds. The maximum atomic E-state index is 8.51.